The van der Waals surface area contributed by atoms with Crippen LogP contribution < -0.4 is 5.32 Å². The maximum Gasteiger partial charge on any atom is 0.135 e. The van der Waals surface area contributed by atoms with Crippen molar-refractivity contribution in [2.24, 2.45) is 7.05 Å². The first-order valence-electron chi connectivity index (χ1n) is 12.4. The van der Waals surface area contributed by atoms with Crippen molar-refractivity contribution in [3.63, 3.8) is 0 Å². The summed E-state index contributed by atoms with van der Waals surface area (Å²) < 4.78 is 16.6. The summed E-state index contributed by atoms with van der Waals surface area (Å²) in [5.74, 6) is 0.612. The molecule has 9 nitrogen and oxygen atoms in total. The fourth-order valence-electron chi connectivity index (χ4n) is 4.65. The van der Waals surface area contributed by atoms with Gasteiger partial charge in [0.2, 0.25) is 0 Å². The zero-order chi connectivity index (χ0) is 26.4. The molecule has 0 saturated heterocycles. The lowest BCUT2D eigenvalue weighted by Crippen LogP contribution is -2.20. The third kappa shape index (κ3) is 4.28. The van der Waals surface area contributed by atoms with Crippen LogP contribution in [0.25, 0.3) is 55.8 Å². The number of hydrogen-bond donors (Lipinski definition) is 3. The van der Waals surface area contributed by atoms with Gasteiger partial charge in [-0.2, -0.15) is 5.10 Å². The molecule has 0 saturated carbocycles. The molecule has 0 aliphatic heterocycles. The van der Waals surface area contributed by atoms with Crippen LogP contribution in [0.2, 0.25) is 0 Å². The van der Waals surface area contributed by atoms with Crippen molar-refractivity contribution in [1.82, 2.24) is 39.6 Å². The Hall–Kier alpha value is -4.57. The molecule has 38 heavy (non-hydrogen) atoms. The van der Waals surface area contributed by atoms with Crippen molar-refractivity contribution >= 4 is 27.6 Å². The second-order valence-electron chi connectivity index (χ2n) is 9.70. The number of aryl methyl sites for hydroxylation is 1. The van der Waals surface area contributed by atoms with Crippen LogP contribution in [-0.2, 0) is 7.05 Å². The molecule has 0 aliphatic carbocycles. The smallest absolute Gasteiger partial charge is 0.135 e. The fraction of sp³-hybridized carbons (Fsp3) is 0.214. The van der Waals surface area contributed by atoms with Crippen molar-refractivity contribution in [2.75, 3.05) is 32.5 Å². The summed E-state index contributed by atoms with van der Waals surface area (Å²) >= 11 is 0. The molecule has 5 heterocycles. The summed E-state index contributed by atoms with van der Waals surface area (Å²) in [6.07, 6.45) is 5.36. The van der Waals surface area contributed by atoms with Crippen molar-refractivity contribution in [3.05, 3.63) is 66.6 Å². The molecule has 3 N–H and O–H groups in total. The number of likely N-dealkylation sites (N-methyl/N-ethyl adjacent to an activating group) is 1. The average Bonchev–Trinajstić information content (AvgIpc) is 3.59. The molecule has 0 radical (unpaired) electrons. The minimum Gasteiger partial charge on any atom is -0.384 e. The molecule has 0 atom stereocenters. The van der Waals surface area contributed by atoms with Crippen LogP contribution in [-0.4, -0.2) is 66.8 Å². The van der Waals surface area contributed by atoms with Crippen LogP contribution in [0.4, 0.5) is 10.1 Å². The second-order valence-corrected chi connectivity index (χ2v) is 9.70. The number of halogens is 1. The van der Waals surface area contributed by atoms with Crippen molar-refractivity contribution in [3.8, 4) is 33.9 Å². The lowest BCUT2D eigenvalue weighted by atomic mass is 10.0. The molecule has 192 valence electrons. The summed E-state index contributed by atoms with van der Waals surface area (Å²) in [5, 5.41) is 11.9. The quantitative estimate of drug-likeness (QED) is 0.280. The Labute approximate surface area is 218 Å². The van der Waals surface area contributed by atoms with Gasteiger partial charge in [-0.05, 0) is 63.0 Å². The highest BCUT2D eigenvalue weighted by atomic mass is 19.1. The van der Waals surface area contributed by atoms with Gasteiger partial charge in [0.25, 0.3) is 0 Å². The number of nitrogens with one attached hydrogen (secondary N) is 3. The van der Waals surface area contributed by atoms with Crippen molar-refractivity contribution in [1.29, 1.82) is 0 Å². The lowest BCUT2D eigenvalue weighted by Gasteiger charge is -2.13. The lowest BCUT2D eigenvalue weighted by molar-refractivity contribution is 0.425. The van der Waals surface area contributed by atoms with Crippen molar-refractivity contribution in [2.45, 2.75) is 6.92 Å². The van der Waals surface area contributed by atoms with Gasteiger partial charge in [0, 0.05) is 43.0 Å². The number of benzene rings is 1. The van der Waals surface area contributed by atoms with Gasteiger partial charge in [0.15, 0.2) is 0 Å². The topological polar surface area (TPSA) is 103 Å². The van der Waals surface area contributed by atoms with E-state index in [0.29, 0.717) is 12.2 Å². The number of pyridine rings is 2. The average molecular weight is 510 g/mol. The Bertz CT molecular complexity index is 1780. The van der Waals surface area contributed by atoms with E-state index in [-0.39, 0.29) is 5.82 Å². The number of hydrogen-bond acceptors (Lipinski definition) is 6. The monoisotopic (exact) mass is 509 g/mol. The van der Waals surface area contributed by atoms with E-state index in [9.17, 15) is 4.39 Å². The summed E-state index contributed by atoms with van der Waals surface area (Å²) in [6, 6.07) is 11.0. The number of rotatable bonds is 7. The standard InChI is InChI=1S/C28H28FN9/c1-16-32-15-26(38(16)4)22-5-6-23-27(34-22)28(36-35-23)24-12-20-21(13-30-14-25(20)33-24)17-9-18(29)11-19(10-17)31-7-8-37(2)3/h5-6,9-15,31,33H,7-8H2,1-4H3,(H,35,36). The van der Waals surface area contributed by atoms with Crippen LogP contribution >= 0.6 is 0 Å². The molecule has 0 bridgehead atoms. The normalized spacial score (nSPS) is 11.7. The molecule has 1 aromatic carbocycles. The van der Waals surface area contributed by atoms with Gasteiger partial charge < -0.3 is 19.8 Å². The molecule has 5 aromatic heterocycles. The molecule has 0 amide bonds. The van der Waals surface area contributed by atoms with E-state index in [1.54, 1.807) is 12.4 Å². The number of fused-ring (bicyclic) bond motifs is 2. The van der Waals surface area contributed by atoms with Crippen LogP contribution in [0.5, 0.6) is 0 Å². The zero-order valence-corrected chi connectivity index (χ0v) is 21.7. The number of H-pyrrole nitrogens is 2. The van der Waals surface area contributed by atoms with Gasteiger partial charge in [-0.25, -0.2) is 14.4 Å². The number of imidazole rings is 1. The maximum absolute atomic E-state index is 14.6. The van der Waals surface area contributed by atoms with Gasteiger partial charge in [-0.1, -0.05) is 0 Å². The van der Waals surface area contributed by atoms with Crippen LogP contribution in [0.15, 0.2) is 55.0 Å². The molecule has 0 aliphatic rings. The Morgan fingerprint density at radius 2 is 1.92 bits per heavy atom. The van der Waals surface area contributed by atoms with Crippen LogP contribution in [0, 0.1) is 12.7 Å². The highest BCUT2D eigenvalue weighted by molar-refractivity contribution is 6.00. The maximum atomic E-state index is 14.6. The van der Waals surface area contributed by atoms with Crippen LogP contribution in [0.3, 0.4) is 0 Å². The molecular formula is C28H28FN9. The predicted octanol–water partition coefficient (Wildman–Crippen LogP) is 4.99. The van der Waals surface area contributed by atoms with Gasteiger partial charge >= 0.3 is 0 Å². The summed E-state index contributed by atoms with van der Waals surface area (Å²) in [4.78, 5) is 19.2. The summed E-state index contributed by atoms with van der Waals surface area (Å²) in [6.45, 7) is 3.52. The van der Waals surface area contributed by atoms with E-state index in [4.69, 9.17) is 4.98 Å². The first-order valence-corrected chi connectivity index (χ1v) is 12.4. The van der Waals surface area contributed by atoms with E-state index >= 15 is 0 Å². The Balaban J connectivity index is 1.41. The third-order valence-corrected chi connectivity index (χ3v) is 6.79. The van der Waals surface area contributed by atoms with Crippen molar-refractivity contribution < 1.29 is 4.39 Å². The van der Waals surface area contributed by atoms with E-state index in [2.05, 4.69) is 35.4 Å². The molecule has 0 fully saturated rings. The fourth-order valence-corrected chi connectivity index (χ4v) is 4.65. The van der Waals surface area contributed by atoms with Gasteiger partial charge in [-0.15, -0.1) is 0 Å². The summed E-state index contributed by atoms with van der Waals surface area (Å²) in [7, 11) is 5.99. The Morgan fingerprint density at radius 1 is 1.05 bits per heavy atom. The molecule has 0 unspecified atom stereocenters. The van der Waals surface area contributed by atoms with E-state index < -0.39 is 0 Å². The van der Waals surface area contributed by atoms with Gasteiger partial charge in [0.05, 0.1) is 40.5 Å². The number of nitrogens with zero attached hydrogens (tertiary/aromatic N) is 6. The number of anilines is 1. The van der Waals surface area contributed by atoms with Gasteiger partial charge in [0.1, 0.15) is 22.9 Å². The third-order valence-electron chi connectivity index (χ3n) is 6.79. The number of aromatic nitrogens is 7. The minimum absolute atomic E-state index is 0.303. The highest BCUT2D eigenvalue weighted by Crippen LogP contribution is 2.34. The highest BCUT2D eigenvalue weighted by Gasteiger charge is 2.17. The molecular weight excluding hydrogens is 481 g/mol. The largest absolute Gasteiger partial charge is 0.384 e. The van der Waals surface area contributed by atoms with E-state index in [1.165, 1.54) is 12.1 Å². The molecule has 10 heteroatoms. The minimum atomic E-state index is -0.303. The van der Waals surface area contributed by atoms with E-state index in [0.717, 1.165) is 68.2 Å². The molecule has 6 rings (SSSR count). The zero-order valence-electron chi connectivity index (χ0n) is 21.7. The summed E-state index contributed by atoms with van der Waals surface area (Å²) in [5.41, 5.74) is 7.97. The van der Waals surface area contributed by atoms with E-state index in [1.807, 2.05) is 63.1 Å². The molecule has 0 spiro atoms. The number of aromatic amines is 2. The Morgan fingerprint density at radius 3 is 2.71 bits per heavy atom. The van der Waals surface area contributed by atoms with Crippen LogP contribution in [0.1, 0.15) is 5.82 Å². The SMILES string of the molecule is Cc1ncc(-c2ccc3[nH]nc(-c4cc5c(-c6cc(F)cc(NCCN(C)C)c6)cncc5[nH]4)c3n2)n1C. The predicted molar refractivity (Wildman–Crippen MR) is 148 cm³/mol. The Kier molecular flexibility index (Phi) is 5.88. The molecule has 6 aromatic rings. The second kappa shape index (κ2) is 9.38. The first kappa shape index (κ1) is 23.8. The van der Waals surface area contributed by atoms with Gasteiger partial charge in [-0.3, -0.25) is 10.1 Å². The first-order chi connectivity index (χ1) is 18.4.